The van der Waals surface area contributed by atoms with Crippen molar-refractivity contribution in [3.8, 4) is 0 Å². The van der Waals surface area contributed by atoms with Crippen molar-refractivity contribution >= 4 is 23.3 Å². The van der Waals surface area contributed by atoms with Crippen LogP contribution in [-0.2, 0) is 16.1 Å². The van der Waals surface area contributed by atoms with Crippen LogP contribution in [0.15, 0.2) is 5.38 Å². The number of carbonyl (C=O) groups excluding carboxylic acids is 1. The quantitative estimate of drug-likeness (QED) is 0.747. The van der Waals surface area contributed by atoms with Gasteiger partial charge in [0.25, 0.3) is 0 Å². The van der Waals surface area contributed by atoms with E-state index in [1.807, 2.05) is 12.3 Å². The molecule has 1 atom stereocenters. The lowest BCUT2D eigenvalue weighted by Gasteiger charge is -2.23. The van der Waals surface area contributed by atoms with Crippen molar-refractivity contribution in [3.63, 3.8) is 0 Å². The number of aryl methyl sites for hydroxylation is 1. The first-order chi connectivity index (χ1) is 9.02. The molecule has 19 heavy (non-hydrogen) atoms. The summed E-state index contributed by atoms with van der Waals surface area (Å²) in [6.45, 7) is 2.47. The topological polar surface area (TPSA) is 101 Å². The molecule has 1 aromatic heterocycles. The zero-order valence-corrected chi connectivity index (χ0v) is 11.2. The molecule has 8 heteroatoms. The van der Waals surface area contributed by atoms with E-state index < -0.39 is 17.5 Å². The fourth-order valence-corrected chi connectivity index (χ4v) is 2.50. The molecule has 0 bridgehead atoms. The van der Waals surface area contributed by atoms with Gasteiger partial charge in [0.1, 0.15) is 5.01 Å². The summed E-state index contributed by atoms with van der Waals surface area (Å²) < 4.78 is 5.06. The molecule has 0 spiro atoms. The summed E-state index contributed by atoms with van der Waals surface area (Å²) in [6.07, 6.45) is 0.270. The molecule has 1 aromatic rings. The lowest BCUT2D eigenvalue weighted by Crippen LogP contribution is -2.57. The van der Waals surface area contributed by atoms with E-state index in [4.69, 9.17) is 9.84 Å². The van der Waals surface area contributed by atoms with Gasteiger partial charge < -0.3 is 20.5 Å². The summed E-state index contributed by atoms with van der Waals surface area (Å²) in [5.41, 5.74) is -0.420. The number of carboxylic acid groups (broad SMARTS) is 1. The molecule has 1 saturated heterocycles. The first-order valence-corrected chi connectivity index (χ1v) is 6.68. The Balaban J connectivity index is 1.88. The van der Waals surface area contributed by atoms with E-state index in [1.165, 1.54) is 11.3 Å². The van der Waals surface area contributed by atoms with Crippen molar-refractivity contribution in [1.29, 1.82) is 0 Å². The fourth-order valence-electron chi connectivity index (χ4n) is 1.79. The average Bonchev–Trinajstić information content (AvgIpc) is 2.97. The fraction of sp³-hybridized carbons (Fsp3) is 0.545. The van der Waals surface area contributed by atoms with Gasteiger partial charge in [-0.25, -0.2) is 14.6 Å². The predicted octanol–water partition coefficient (Wildman–Crippen LogP) is 0.494. The van der Waals surface area contributed by atoms with E-state index in [-0.39, 0.29) is 19.6 Å². The molecule has 0 aliphatic carbocycles. The van der Waals surface area contributed by atoms with E-state index in [9.17, 15) is 9.59 Å². The molecule has 0 aromatic carbocycles. The zero-order chi connectivity index (χ0) is 13.9. The van der Waals surface area contributed by atoms with E-state index in [2.05, 4.69) is 15.6 Å². The third-order valence-corrected chi connectivity index (χ3v) is 3.82. The number of amides is 2. The van der Waals surface area contributed by atoms with Crippen molar-refractivity contribution in [2.45, 2.75) is 25.4 Å². The second-order valence-corrected chi connectivity index (χ2v) is 5.32. The Hall–Kier alpha value is -1.67. The molecule has 2 rings (SSSR count). The molecule has 0 saturated carbocycles. The Morgan fingerprint density at radius 2 is 2.42 bits per heavy atom. The maximum atomic E-state index is 11.7. The molecule has 1 fully saturated rings. The number of rotatable bonds is 4. The Labute approximate surface area is 114 Å². The average molecular weight is 285 g/mol. The number of hydrogen-bond acceptors (Lipinski definition) is 5. The van der Waals surface area contributed by atoms with Crippen LogP contribution in [0.2, 0.25) is 0 Å². The SMILES string of the molecule is Cc1csc(CNC(=O)NC2(C(=O)O)CCOC2)n1. The Morgan fingerprint density at radius 1 is 1.63 bits per heavy atom. The Bertz CT molecular complexity index is 482. The van der Waals surface area contributed by atoms with Crippen molar-refractivity contribution in [2.24, 2.45) is 0 Å². The molecule has 2 heterocycles. The Morgan fingerprint density at radius 3 is 2.95 bits per heavy atom. The molecule has 7 nitrogen and oxygen atoms in total. The third kappa shape index (κ3) is 3.21. The van der Waals surface area contributed by atoms with Gasteiger partial charge in [-0.05, 0) is 6.92 Å². The number of ether oxygens (including phenoxy) is 1. The van der Waals surface area contributed by atoms with Crippen LogP contribution in [0.1, 0.15) is 17.1 Å². The predicted molar refractivity (Wildman–Crippen MR) is 68.0 cm³/mol. The van der Waals surface area contributed by atoms with E-state index in [0.717, 1.165) is 10.7 Å². The van der Waals surface area contributed by atoms with Gasteiger partial charge in [0, 0.05) is 24.1 Å². The van der Waals surface area contributed by atoms with Gasteiger partial charge in [-0.3, -0.25) is 0 Å². The van der Waals surface area contributed by atoms with Crippen LogP contribution < -0.4 is 10.6 Å². The molecule has 1 aliphatic heterocycles. The molecular weight excluding hydrogens is 270 g/mol. The molecule has 0 radical (unpaired) electrons. The van der Waals surface area contributed by atoms with E-state index >= 15 is 0 Å². The molecule has 2 amide bonds. The number of thiazole rings is 1. The largest absolute Gasteiger partial charge is 0.479 e. The van der Waals surface area contributed by atoms with Crippen molar-refractivity contribution < 1.29 is 19.4 Å². The number of nitrogens with zero attached hydrogens (tertiary/aromatic N) is 1. The monoisotopic (exact) mass is 285 g/mol. The van der Waals surface area contributed by atoms with Gasteiger partial charge in [0.2, 0.25) is 0 Å². The zero-order valence-electron chi connectivity index (χ0n) is 10.4. The summed E-state index contributed by atoms with van der Waals surface area (Å²) in [5, 5.41) is 16.9. The van der Waals surface area contributed by atoms with Crippen LogP contribution in [0, 0.1) is 6.92 Å². The number of aromatic nitrogens is 1. The lowest BCUT2D eigenvalue weighted by molar-refractivity contribution is -0.144. The van der Waals surface area contributed by atoms with Crippen LogP contribution in [0.3, 0.4) is 0 Å². The highest BCUT2D eigenvalue weighted by atomic mass is 32.1. The van der Waals surface area contributed by atoms with Crippen LogP contribution in [0.5, 0.6) is 0 Å². The number of carboxylic acids is 1. The number of urea groups is 1. The van der Waals surface area contributed by atoms with Crippen molar-refractivity contribution in [1.82, 2.24) is 15.6 Å². The maximum Gasteiger partial charge on any atom is 0.332 e. The number of hydrogen-bond donors (Lipinski definition) is 3. The Kier molecular flexibility index (Phi) is 4.01. The summed E-state index contributed by atoms with van der Waals surface area (Å²) in [5.74, 6) is -1.08. The van der Waals surface area contributed by atoms with Gasteiger partial charge >= 0.3 is 12.0 Å². The highest BCUT2D eigenvalue weighted by Crippen LogP contribution is 2.18. The number of nitrogens with one attached hydrogen (secondary N) is 2. The summed E-state index contributed by atoms with van der Waals surface area (Å²) in [6, 6.07) is -0.527. The van der Waals surface area contributed by atoms with E-state index in [1.54, 1.807) is 0 Å². The summed E-state index contributed by atoms with van der Waals surface area (Å²) in [4.78, 5) is 27.1. The van der Waals surface area contributed by atoms with Gasteiger partial charge in [0.15, 0.2) is 5.54 Å². The second-order valence-electron chi connectivity index (χ2n) is 4.38. The van der Waals surface area contributed by atoms with Gasteiger partial charge in [-0.1, -0.05) is 0 Å². The minimum Gasteiger partial charge on any atom is -0.479 e. The highest BCUT2D eigenvalue weighted by Gasteiger charge is 2.43. The summed E-state index contributed by atoms with van der Waals surface area (Å²) >= 11 is 1.45. The van der Waals surface area contributed by atoms with Crippen LogP contribution in [-0.4, -0.2) is 40.8 Å². The van der Waals surface area contributed by atoms with E-state index in [0.29, 0.717) is 6.61 Å². The van der Waals surface area contributed by atoms with Crippen LogP contribution in [0.4, 0.5) is 4.79 Å². The molecule has 104 valence electrons. The maximum absolute atomic E-state index is 11.7. The standard InChI is InChI=1S/C11H15N3O4S/c1-7-5-19-8(13-7)4-12-10(17)14-11(9(15)16)2-3-18-6-11/h5H,2-4,6H2,1H3,(H,15,16)(H2,12,14,17). The first-order valence-electron chi connectivity index (χ1n) is 5.80. The van der Waals surface area contributed by atoms with Crippen LogP contribution in [0.25, 0.3) is 0 Å². The molecule has 1 aliphatic rings. The molecule has 1 unspecified atom stereocenters. The molecular formula is C11H15N3O4S. The smallest absolute Gasteiger partial charge is 0.332 e. The molecule has 3 N–H and O–H groups in total. The van der Waals surface area contributed by atoms with Crippen molar-refractivity contribution in [3.05, 3.63) is 16.1 Å². The minimum absolute atomic E-state index is 0.00782. The van der Waals surface area contributed by atoms with Gasteiger partial charge in [0.05, 0.1) is 13.2 Å². The van der Waals surface area contributed by atoms with Crippen LogP contribution >= 0.6 is 11.3 Å². The first kappa shape index (κ1) is 13.8. The summed E-state index contributed by atoms with van der Waals surface area (Å²) in [7, 11) is 0. The second kappa shape index (κ2) is 5.54. The lowest BCUT2D eigenvalue weighted by atomic mass is 9.99. The van der Waals surface area contributed by atoms with Gasteiger partial charge in [-0.2, -0.15) is 0 Å². The van der Waals surface area contributed by atoms with Gasteiger partial charge in [-0.15, -0.1) is 11.3 Å². The highest BCUT2D eigenvalue weighted by molar-refractivity contribution is 7.09. The number of carbonyl (C=O) groups is 2. The third-order valence-electron chi connectivity index (χ3n) is 2.85. The number of aliphatic carboxylic acids is 1. The normalized spacial score (nSPS) is 22.2. The minimum atomic E-state index is -1.32. The van der Waals surface area contributed by atoms with Crippen molar-refractivity contribution in [2.75, 3.05) is 13.2 Å².